The molecule has 0 aromatic carbocycles. The summed E-state index contributed by atoms with van der Waals surface area (Å²) in [6.45, 7) is 8.07. The fraction of sp³-hybridized carbons (Fsp3) is 0.667. The highest BCUT2D eigenvalue weighted by Crippen LogP contribution is 2.24. The molecule has 0 bridgehead atoms. The van der Waals surface area contributed by atoms with Gasteiger partial charge >= 0.3 is 6.03 Å². The van der Waals surface area contributed by atoms with Gasteiger partial charge in [0.05, 0.1) is 0 Å². The molecule has 2 N–H and O–H groups in total. The summed E-state index contributed by atoms with van der Waals surface area (Å²) in [7, 11) is 0. The van der Waals surface area contributed by atoms with Crippen LogP contribution >= 0.6 is 0 Å². The van der Waals surface area contributed by atoms with Crippen molar-refractivity contribution >= 4 is 17.8 Å². The lowest BCUT2D eigenvalue weighted by atomic mass is 9.93. The smallest absolute Gasteiger partial charge is 0.320 e. The van der Waals surface area contributed by atoms with Crippen LogP contribution in [0.2, 0.25) is 0 Å². The maximum absolute atomic E-state index is 11.7. The van der Waals surface area contributed by atoms with Gasteiger partial charge in [-0.2, -0.15) is 0 Å². The number of anilines is 1. The first-order chi connectivity index (χ1) is 10.4. The number of hydrogen-bond acceptors (Lipinski definition) is 4. The van der Waals surface area contributed by atoms with E-state index in [1.165, 1.54) is 0 Å². The second-order valence-electron chi connectivity index (χ2n) is 6.55. The van der Waals surface area contributed by atoms with Crippen molar-refractivity contribution in [3.8, 4) is 0 Å². The van der Waals surface area contributed by atoms with Gasteiger partial charge in [0.2, 0.25) is 5.91 Å². The van der Waals surface area contributed by atoms with Crippen molar-refractivity contribution in [1.82, 2.24) is 15.4 Å². The fourth-order valence-electron chi connectivity index (χ4n) is 2.26. The highest BCUT2D eigenvalue weighted by Gasteiger charge is 2.21. The molecular weight excluding hydrogens is 284 g/mol. The summed E-state index contributed by atoms with van der Waals surface area (Å²) < 4.78 is 5.20. The largest absolute Gasteiger partial charge is 0.359 e. The van der Waals surface area contributed by atoms with E-state index in [1.807, 2.05) is 25.7 Å². The van der Waals surface area contributed by atoms with Crippen LogP contribution in [0.4, 0.5) is 10.6 Å². The number of aromatic nitrogens is 1. The third kappa shape index (κ3) is 4.47. The van der Waals surface area contributed by atoms with Gasteiger partial charge in [-0.3, -0.25) is 10.1 Å². The minimum absolute atomic E-state index is 0.147. The molecule has 2 rings (SSSR count). The van der Waals surface area contributed by atoms with E-state index in [0.717, 1.165) is 25.1 Å². The van der Waals surface area contributed by atoms with Crippen LogP contribution in [-0.2, 0) is 10.2 Å². The maximum Gasteiger partial charge on any atom is 0.320 e. The van der Waals surface area contributed by atoms with E-state index in [2.05, 4.69) is 15.8 Å². The number of urea groups is 1. The molecule has 1 aromatic rings. The Morgan fingerprint density at radius 3 is 2.82 bits per heavy atom. The van der Waals surface area contributed by atoms with Gasteiger partial charge in [0, 0.05) is 37.5 Å². The average Bonchev–Trinajstić information content (AvgIpc) is 3.04. The van der Waals surface area contributed by atoms with E-state index < -0.39 is 0 Å². The predicted molar refractivity (Wildman–Crippen MR) is 82.7 cm³/mol. The normalized spacial score (nSPS) is 15.2. The Morgan fingerprint density at radius 1 is 1.45 bits per heavy atom. The van der Waals surface area contributed by atoms with Crippen LogP contribution in [0.15, 0.2) is 10.6 Å². The molecule has 0 unspecified atom stereocenters. The van der Waals surface area contributed by atoms with E-state index in [9.17, 15) is 9.59 Å². The number of carbonyl (C=O) groups excluding carboxylic acids is 2. The second kappa shape index (κ2) is 6.81. The van der Waals surface area contributed by atoms with Crippen LogP contribution in [0.3, 0.4) is 0 Å². The zero-order chi connectivity index (χ0) is 16.2. The Morgan fingerprint density at radius 2 is 2.23 bits per heavy atom. The second-order valence-corrected chi connectivity index (χ2v) is 6.55. The molecule has 1 aromatic heterocycles. The molecule has 1 fully saturated rings. The lowest BCUT2D eigenvalue weighted by Crippen LogP contribution is -2.33. The summed E-state index contributed by atoms with van der Waals surface area (Å²) in [4.78, 5) is 25.0. The Balaban J connectivity index is 1.67. The third-order valence-electron chi connectivity index (χ3n) is 3.55. The van der Waals surface area contributed by atoms with Crippen molar-refractivity contribution in [1.29, 1.82) is 0 Å². The molecule has 7 heteroatoms. The molecule has 0 atom stereocenters. The van der Waals surface area contributed by atoms with Crippen LogP contribution in [0.5, 0.6) is 0 Å². The Labute approximate surface area is 130 Å². The fourth-order valence-corrected chi connectivity index (χ4v) is 2.26. The molecule has 22 heavy (non-hydrogen) atoms. The van der Waals surface area contributed by atoms with E-state index in [0.29, 0.717) is 25.3 Å². The van der Waals surface area contributed by atoms with Crippen molar-refractivity contribution < 1.29 is 14.1 Å². The number of nitrogens with zero attached hydrogens (tertiary/aromatic N) is 2. The predicted octanol–water partition coefficient (Wildman–Crippen LogP) is 2.11. The van der Waals surface area contributed by atoms with Crippen LogP contribution in [0.1, 0.15) is 45.8 Å². The van der Waals surface area contributed by atoms with Gasteiger partial charge in [-0.25, -0.2) is 4.79 Å². The van der Waals surface area contributed by atoms with Gasteiger partial charge in [0.1, 0.15) is 5.76 Å². The quantitative estimate of drug-likeness (QED) is 0.816. The SMILES string of the molecule is CC(C)(C)c1cc(NC(=O)NCCCN2CCCC2=O)no1. The zero-order valence-electron chi connectivity index (χ0n) is 13.4. The minimum Gasteiger partial charge on any atom is -0.359 e. The Kier molecular flexibility index (Phi) is 5.05. The molecule has 3 amide bonds. The maximum atomic E-state index is 11.7. The monoisotopic (exact) mass is 308 g/mol. The molecular formula is C15H24N4O3. The zero-order valence-corrected chi connectivity index (χ0v) is 13.4. The molecule has 0 saturated carbocycles. The number of rotatable bonds is 5. The van der Waals surface area contributed by atoms with Gasteiger partial charge in [-0.1, -0.05) is 25.9 Å². The summed E-state index contributed by atoms with van der Waals surface area (Å²) in [5, 5.41) is 9.21. The minimum atomic E-state index is -0.318. The van der Waals surface area contributed by atoms with E-state index in [1.54, 1.807) is 6.07 Å². The summed E-state index contributed by atoms with van der Waals surface area (Å²) in [5.74, 6) is 1.33. The summed E-state index contributed by atoms with van der Waals surface area (Å²) >= 11 is 0. The number of amides is 3. The van der Waals surface area contributed by atoms with Crippen molar-refractivity contribution in [2.45, 2.75) is 45.4 Å². The molecule has 0 aliphatic carbocycles. The number of carbonyl (C=O) groups is 2. The number of nitrogens with one attached hydrogen (secondary N) is 2. The van der Waals surface area contributed by atoms with E-state index in [-0.39, 0.29) is 17.4 Å². The first-order valence-electron chi connectivity index (χ1n) is 7.66. The van der Waals surface area contributed by atoms with Crippen LogP contribution in [-0.4, -0.2) is 41.6 Å². The molecule has 1 aliphatic heterocycles. The van der Waals surface area contributed by atoms with Crippen LogP contribution < -0.4 is 10.6 Å². The molecule has 0 radical (unpaired) electrons. The standard InChI is InChI=1S/C15H24N4O3/c1-15(2,3)11-10-12(18-22-11)17-14(21)16-7-5-9-19-8-4-6-13(19)20/h10H,4-9H2,1-3H3,(H2,16,17,18,21). The third-order valence-corrected chi connectivity index (χ3v) is 3.55. The highest BCUT2D eigenvalue weighted by molar-refractivity contribution is 5.88. The average molecular weight is 308 g/mol. The van der Waals surface area contributed by atoms with Crippen LogP contribution in [0, 0.1) is 0 Å². The summed E-state index contributed by atoms with van der Waals surface area (Å²) in [6, 6.07) is 1.41. The number of likely N-dealkylation sites (tertiary alicyclic amines) is 1. The first-order valence-corrected chi connectivity index (χ1v) is 7.66. The molecule has 122 valence electrons. The van der Waals surface area contributed by atoms with Gasteiger partial charge in [-0.15, -0.1) is 0 Å². The highest BCUT2D eigenvalue weighted by atomic mass is 16.5. The van der Waals surface area contributed by atoms with Crippen molar-refractivity contribution in [3.63, 3.8) is 0 Å². The Hall–Kier alpha value is -2.05. The molecule has 7 nitrogen and oxygen atoms in total. The van der Waals surface area contributed by atoms with Crippen molar-refractivity contribution in [2.24, 2.45) is 0 Å². The number of hydrogen-bond donors (Lipinski definition) is 2. The Bertz CT molecular complexity index is 533. The van der Waals surface area contributed by atoms with Crippen molar-refractivity contribution in [2.75, 3.05) is 25.0 Å². The summed E-state index contributed by atoms with van der Waals surface area (Å²) in [5.41, 5.74) is -0.147. The van der Waals surface area contributed by atoms with Gasteiger partial charge < -0.3 is 14.7 Å². The molecule has 2 heterocycles. The topological polar surface area (TPSA) is 87.5 Å². The summed E-state index contributed by atoms with van der Waals surface area (Å²) in [6.07, 6.45) is 2.33. The lowest BCUT2D eigenvalue weighted by Gasteiger charge is -2.15. The van der Waals surface area contributed by atoms with Gasteiger partial charge in [-0.05, 0) is 12.8 Å². The van der Waals surface area contributed by atoms with Gasteiger partial charge in [0.15, 0.2) is 5.82 Å². The van der Waals surface area contributed by atoms with Crippen molar-refractivity contribution in [3.05, 3.63) is 11.8 Å². The van der Waals surface area contributed by atoms with Gasteiger partial charge in [0.25, 0.3) is 0 Å². The molecule has 1 saturated heterocycles. The lowest BCUT2D eigenvalue weighted by molar-refractivity contribution is -0.127. The van der Waals surface area contributed by atoms with E-state index in [4.69, 9.17) is 4.52 Å². The molecule has 1 aliphatic rings. The van der Waals surface area contributed by atoms with Crippen LogP contribution in [0.25, 0.3) is 0 Å². The molecule has 0 spiro atoms. The first kappa shape index (κ1) is 16.3. The van der Waals surface area contributed by atoms with E-state index >= 15 is 0 Å².